The van der Waals surface area contributed by atoms with E-state index in [9.17, 15) is 0 Å². The lowest BCUT2D eigenvalue weighted by atomic mass is 9.87. The molecule has 0 spiro atoms. The molecular weight excluding hydrogens is 243 g/mol. The van der Waals surface area contributed by atoms with Crippen molar-refractivity contribution in [3.63, 3.8) is 0 Å². The van der Waals surface area contributed by atoms with E-state index in [2.05, 4.69) is 20.8 Å². The number of rotatable bonds is 11. The number of unbranched alkanes of at least 4 members (excludes halogenated alkanes) is 5. The van der Waals surface area contributed by atoms with Crippen LogP contribution in [0.1, 0.15) is 85.0 Å². The maximum absolute atomic E-state index is 2.36. The van der Waals surface area contributed by atoms with Gasteiger partial charge in [-0.2, -0.15) is 0 Å². The van der Waals surface area contributed by atoms with Crippen molar-refractivity contribution in [1.29, 1.82) is 0 Å². The van der Waals surface area contributed by atoms with E-state index in [4.69, 9.17) is 0 Å². The molecule has 1 heteroatoms. The molecule has 0 aliphatic carbocycles. The van der Waals surface area contributed by atoms with Gasteiger partial charge in [-0.15, -0.1) is 0 Å². The fraction of sp³-hybridized carbons (Fsp3) is 1.00. The molecule has 1 fully saturated rings. The molecule has 1 heterocycles. The van der Waals surface area contributed by atoms with Gasteiger partial charge in [-0.1, -0.05) is 113 Å². The fourth-order valence-corrected chi connectivity index (χ4v) is 8.56. The van der Waals surface area contributed by atoms with Crippen molar-refractivity contribution < 1.29 is 0 Å². The molecule has 0 nitrogen and oxygen atoms in total. The fourth-order valence-electron chi connectivity index (χ4n) is 4.07. The molecule has 1 aliphatic heterocycles. The molecule has 1 aliphatic rings. The molecule has 0 aromatic heterocycles. The highest BCUT2D eigenvalue weighted by Crippen LogP contribution is 2.41. The molecule has 0 radical (unpaired) electrons. The zero-order valence-corrected chi connectivity index (χ0v) is 15.1. The first-order chi connectivity index (χ1) is 9.31. The Hall–Kier alpha value is 0.532. The minimum atomic E-state index is -0.325. The summed E-state index contributed by atoms with van der Waals surface area (Å²) in [6, 6.07) is 0. The summed E-state index contributed by atoms with van der Waals surface area (Å²) in [7, 11) is 0. The largest absolute Gasteiger partial charge is 0.262 e. The third-order valence-corrected chi connectivity index (χ3v) is 9.03. The van der Waals surface area contributed by atoms with Gasteiger partial charge in [-0.25, -0.2) is 0 Å². The Morgan fingerprint density at radius 2 is 1.21 bits per heavy atom. The molecule has 19 heavy (non-hydrogen) atoms. The molecule has 112 valence electrons. The predicted octanol–water partition coefficient (Wildman–Crippen LogP) is 6.69. The topological polar surface area (TPSA) is 0 Å². The minimum absolute atomic E-state index is 0.325. The summed E-state index contributed by atoms with van der Waals surface area (Å²) in [4.78, 5) is 0. The van der Waals surface area contributed by atoms with Crippen LogP contribution in [-0.2, 0) is 0 Å². The van der Waals surface area contributed by atoms with Crippen LogP contribution in [0.2, 0.25) is 15.8 Å². The molecule has 0 unspecified atom stereocenters. The van der Waals surface area contributed by atoms with Crippen molar-refractivity contribution in [2.24, 2.45) is 11.8 Å². The molecule has 0 bridgehead atoms. The lowest BCUT2D eigenvalue weighted by Crippen LogP contribution is -2.06. The number of hydrogen-bond acceptors (Lipinski definition) is 0. The van der Waals surface area contributed by atoms with E-state index in [1.807, 2.05) is 0 Å². The lowest BCUT2D eigenvalue weighted by Gasteiger charge is -2.19. The van der Waals surface area contributed by atoms with E-state index in [-0.39, 0.29) is 14.1 Å². The van der Waals surface area contributed by atoms with E-state index in [0.29, 0.717) is 0 Å². The second-order valence-corrected chi connectivity index (χ2v) is 10.2. The average molecular weight is 280 g/mol. The van der Waals surface area contributed by atoms with Crippen LogP contribution in [0.25, 0.3) is 0 Å². The summed E-state index contributed by atoms with van der Waals surface area (Å²) >= 11 is -0.325. The van der Waals surface area contributed by atoms with E-state index >= 15 is 0 Å². The first kappa shape index (κ1) is 17.6. The second kappa shape index (κ2) is 11.2. The smallest absolute Gasteiger partial charge is 0.0938 e. The highest BCUT2D eigenvalue weighted by molar-refractivity contribution is 6.59. The minimum Gasteiger partial charge on any atom is -0.0938 e. The highest BCUT2D eigenvalue weighted by atomic mass is 27.2. The quantitative estimate of drug-likeness (QED) is 0.292. The van der Waals surface area contributed by atoms with Gasteiger partial charge in [-0.05, 0) is 0 Å². The van der Waals surface area contributed by atoms with Crippen LogP contribution in [0.3, 0.4) is 0 Å². The van der Waals surface area contributed by atoms with Gasteiger partial charge in [0.05, 0.1) is 0 Å². The molecule has 1 saturated heterocycles. The van der Waals surface area contributed by atoms with Crippen LogP contribution in [0.4, 0.5) is 0 Å². The number of hydrogen-bond donors (Lipinski definition) is 0. The van der Waals surface area contributed by atoms with E-state index in [0.717, 1.165) is 11.8 Å². The standard InChI is InChI=1S/C12H24.C6H13.Al/c1-5-7-9-11(3)12(4)10-8-6-2;1-3-5-6-4-2;/h11-12H,3-10H2,1-2H3;1,3-6H2,2H3;/t11-,12-;;/m1../s1. The van der Waals surface area contributed by atoms with Crippen LogP contribution in [0.5, 0.6) is 0 Å². The van der Waals surface area contributed by atoms with Gasteiger partial charge in [-0.3, -0.25) is 0 Å². The van der Waals surface area contributed by atoms with Crippen molar-refractivity contribution in [3.8, 4) is 0 Å². The molecule has 0 aromatic carbocycles. The summed E-state index contributed by atoms with van der Waals surface area (Å²) in [6.07, 6.45) is 14.8. The van der Waals surface area contributed by atoms with Gasteiger partial charge in [0.1, 0.15) is 0 Å². The first-order valence-corrected chi connectivity index (χ1v) is 11.8. The van der Waals surface area contributed by atoms with Gasteiger partial charge in [0.25, 0.3) is 14.1 Å². The summed E-state index contributed by atoms with van der Waals surface area (Å²) in [6.45, 7) is 7.04. The Labute approximate surface area is 127 Å². The molecule has 2 atom stereocenters. The van der Waals surface area contributed by atoms with Gasteiger partial charge in [0, 0.05) is 0 Å². The molecule has 0 N–H and O–H groups in total. The summed E-state index contributed by atoms with van der Waals surface area (Å²) in [5.41, 5.74) is 0. The van der Waals surface area contributed by atoms with Crippen molar-refractivity contribution in [2.75, 3.05) is 0 Å². The van der Waals surface area contributed by atoms with Crippen LogP contribution in [0.15, 0.2) is 0 Å². The Kier molecular flexibility index (Phi) is 10.4. The Balaban J connectivity index is 2.28. The van der Waals surface area contributed by atoms with Crippen molar-refractivity contribution >= 4 is 14.1 Å². The zero-order valence-electron chi connectivity index (χ0n) is 13.9. The lowest BCUT2D eigenvalue weighted by molar-refractivity contribution is 0.348. The SMILES string of the molecule is CCCCC[CH2][Al]1[CH2][C@H](CCCC)[C@@H](CCCC)[CH2]1. The van der Waals surface area contributed by atoms with Crippen molar-refractivity contribution in [3.05, 3.63) is 0 Å². The van der Waals surface area contributed by atoms with Crippen LogP contribution in [0, 0.1) is 11.8 Å². The Bertz CT molecular complexity index is 186. The summed E-state index contributed by atoms with van der Waals surface area (Å²) < 4.78 is 0. The van der Waals surface area contributed by atoms with Crippen LogP contribution < -0.4 is 0 Å². The van der Waals surface area contributed by atoms with Gasteiger partial charge >= 0.3 is 0 Å². The van der Waals surface area contributed by atoms with Gasteiger partial charge in [0.2, 0.25) is 0 Å². The monoisotopic (exact) mass is 280 g/mol. The average Bonchev–Trinajstić information content (AvgIpc) is 2.81. The van der Waals surface area contributed by atoms with Gasteiger partial charge < -0.3 is 0 Å². The first-order valence-electron chi connectivity index (χ1n) is 9.31. The molecular formula is C18H37Al. The maximum atomic E-state index is 2.36. The normalized spacial score (nSPS) is 23.2. The maximum Gasteiger partial charge on any atom is 0.262 e. The van der Waals surface area contributed by atoms with Gasteiger partial charge in [0.15, 0.2) is 0 Å². The van der Waals surface area contributed by atoms with Crippen molar-refractivity contribution in [1.82, 2.24) is 0 Å². The second-order valence-electron chi connectivity index (χ2n) is 6.99. The van der Waals surface area contributed by atoms with Crippen molar-refractivity contribution in [2.45, 2.75) is 101 Å². The Morgan fingerprint density at radius 1 is 0.684 bits per heavy atom. The third-order valence-electron chi connectivity index (χ3n) is 5.26. The zero-order chi connectivity index (χ0) is 13.9. The molecule has 0 saturated carbocycles. The predicted molar refractivity (Wildman–Crippen MR) is 90.3 cm³/mol. The van der Waals surface area contributed by atoms with E-state index in [1.165, 1.54) is 44.9 Å². The molecule has 0 amide bonds. The van der Waals surface area contributed by atoms with E-state index in [1.54, 1.807) is 35.1 Å². The van der Waals surface area contributed by atoms with E-state index < -0.39 is 0 Å². The summed E-state index contributed by atoms with van der Waals surface area (Å²) in [5, 5.41) is 5.09. The molecule has 0 aromatic rings. The Morgan fingerprint density at radius 3 is 1.68 bits per heavy atom. The highest BCUT2D eigenvalue weighted by Gasteiger charge is 2.35. The van der Waals surface area contributed by atoms with Crippen LogP contribution in [-0.4, -0.2) is 14.1 Å². The molecule has 1 rings (SSSR count). The third kappa shape index (κ3) is 7.20. The summed E-state index contributed by atoms with van der Waals surface area (Å²) in [5.74, 6) is 2.30. The van der Waals surface area contributed by atoms with Crippen LogP contribution >= 0.6 is 0 Å².